The summed E-state index contributed by atoms with van der Waals surface area (Å²) in [5.74, 6) is 1.25. The summed E-state index contributed by atoms with van der Waals surface area (Å²) >= 11 is 0. The standard InChI is InChI=1S/C7H12O2/c1-3-7(4-2)5-9-6-8/h3-5H2,1-2H3/q+2. The van der Waals surface area contributed by atoms with Gasteiger partial charge < -0.3 is 0 Å². The summed E-state index contributed by atoms with van der Waals surface area (Å²) in [5.41, 5.74) is 0. The van der Waals surface area contributed by atoms with E-state index in [2.05, 4.69) is 4.74 Å². The second kappa shape index (κ2) is 5.54. The van der Waals surface area contributed by atoms with Crippen molar-refractivity contribution in [2.75, 3.05) is 6.61 Å². The van der Waals surface area contributed by atoms with Gasteiger partial charge >= 0.3 is 54.9 Å². The van der Waals surface area contributed by atoms with E-state index < -0.39 is 0 Å². The molecule has 0 aromatic rings. The molecule has 0 aromatic carbocycles. The summed E-state index contributed by atoms with van der Waals surface area (Å²) in [6.45, 7) is 4.54. The van der Waals surface area contributed by atoms with Crippen molar-refractivity contribution in [1.29, 1.82) is 0 Å². The second-order valence-corrected chi connectivity index (χ2v) is 1.83. The van der Waals surface area contributed by atoms with Crippen LogP contribution in [0, 0.1) is 12.3 Å². The van der Waals surface area contributed by atoms with Gasteiger partial charge in [0.1, 0.15) is 0 Å². The fourth-order valence-electron chi connectivity index (χ4n) is 0.586. The fourth-order valence-corrected chi connectivity index (χ4v) is 0.586. The van der Waals surface area contributed by atoms with Gasteiger partial charge in [-0.25, -0.2) is 0 Å². The molecule has 0 rings (SSSR count). The summed E-state index contributed by atoms with van der Waals surface area (Å²) in [6, 6.07) is 0. The molecular weight excluding hydrogens is 116 g/mol. The zero-order chi connectivity index (χ0) is 7.11. The molecule has 0 heterocycles. The van der Waals surface area contributed by atoms with Crippen molar-refractivity contribution >= 4 is 0 Å². The Morgan fingerprint density at radius 2 is 2.00 bits per heavy atom. The van der Waals surface area contributed by atoms with Crippen LogP contribution in [0.25, 0.3) is 0 Å². The van der Waals surface area contributed by atoms with Crippen LogP contribution < -0.4 is 0 Å². The van der Waals surface area contributed by atoms with Gasteiger partial charge in [-0.2, -0.15) is 0 Å². The average Bonchev–Trinajstić information content (AvgIpc) is 1.91. The van der Waals surface area contributed by atoms with Crippen molar-refractivity contribution < 1.29 is 9.39 Å². The molecule has 0 spiro atoms. The Bertz CT molecular complexity index is 89.6. The second-order valence-electron chi connectivity index (χ2n) is 1.83. The molecule has 9 heavy (non-hydrogen) atoms. The zero-order valence-corrected chi connectivity index (χ0v) is 5.94. The molecule has 0 saturated heterocycles. The molecule has 2 heteroatoms. The normalized spacial score (nSPS) is 8.11. The van der Waals surface area contributed by atoms with E-state index in [9.17, 15) is 4.65 Å². The molecule has 0 amide bonds. The fraction of sp³-hybridized carbons (Fsp3) is 0.714. The van der Waals surface area contributed by atoms with Gasteiger partial charge in [-0.05, 0) is 0 Å². The van der Waals surface area contributed by atoms with Gasteiger partial charge in [-0.3, -0.25) is 0 Å². The van der Waals surface area contributed by atoms with E-state index in [1.165, 1.54) is 12.3 Å². The van der Waals surface area contributed by atoms with E-state index in [4.69, 9.17) is 0 Å². The van der Waals surface area contributed by atoms with Gasteiger partial charge in [0.25, 0.3) is 0 Å². The topological polar surface area (TPSA) is 29.1 Å². The van der Waals surface area contributed by atoms with Gasteiger partial charge in [-0.1, -0.05) is 0 Å². The van der Waals surface area contributed by atoms with Crippen LogP contribution in [0.1, 0.15) is 26.7 Å². The molecule has 2 nitrogen and oxygen atoms in total. The van der Waals surface area contributed by atoms with E-state index >= 15 is 0 Å². The zero-order valence-electron chi connectivity index (χ0n) is 5.94. The monoisotopic (exact) mass is 128 g/mol. The minimum atomic E-state index is 0.441. The molecule has 0 aliphatic heterocycles. The Morgan fingerprint density at radius 1 is 1.44 bits per heavy atom. The summed E-state index contributed by atoms with van der Waals surface area (Å²) < 4.78 is 14.0. The molecule has 0 radical (unpaired) electrons. The number of hydrogen-bond acceptors (Lipinski definition) is 1. The minimum absolute atomic E-state index is 0.441. The van der Waals surface area contributed by atoms with Crippen molar-refractivity contribution in [3.8, 4) is 6.33 Å². The first-order chi connectivity index (χ1) is 4.35. The SMILES string of the molecule is CC[C+](CC)COC#[O+]. The van der Waals surface area contributed by atoms with Crippen LogP contribution in [0.2, 0.25) is 0 Å². The van der Waals surface area contributed by atoms with Crippen LogP contribution in [0.3, 0.4) is 0 Å². The van der Waals surface area contributed by atoms with E-state index in [1.807, 2.05) is 13.8 Å². The average molecular weight is 128 g/mol. The Morgan fingerprint density at radius 3 is 2.33 bits per heavy atom. The van der Waals surface area contributed by atoms with Crippen molar-refractivity contribution in [3.05, 3.63) is 5.92 Å². The Balaban J connectivity index is 3.22. The van der Waals surface area contributed by atoms with Crippen LogP contribution in [0.15, 0.2) is 0 Å². The van der Waals surface area contributed by atoms with Gasteiger partial charge in [-0.15, -0.1) is 0 Å². The molecule has 0 aliphatic rings. The molecule has 0 fully saturated rings. The van der Waals surface area contributed by atoms with E-state index in [0.717, 1.165) is 12.8 Å². The maximum atomic E-state index is 9.58. The predicted molar refractivity (Wildman–Crippen MR) is 34.4 cm³/mol. The Kier molecular flexibility index (Phi) is 5.18. The van der Waals surface area contributed by atoms with E-state index in [-0.39, 0.29) is 0 Å². The van der Waals surface area contributed by atoms with Crippen molar-refractivity contribution in [3.63, 3.8) is 0 Å². The first kappa shape index (κ1) is 8.41. The quantitative estimate of drug-likeness (QED) is 0.419. The van der Waals surface area contributed by atoms with Gasteiger partial charge in [0.2, 0.25) is 0 Å². The first-order valence-corrected chi connectivity index (χ1v) is 3.17. The third kappa shape index (κ3) is 3.95. The molecule has 0 unspecified atom stereocenters. The molecule has 0 bridgehead atoms. The van der Waals surface area contributed by atoms with Crippen molar-refractivity contribution in [1.82, 2.24) is 0 Å². The van der Waals surface area contributed by atoms with Crippen molar-refractivity contribution in [2.24, 2.45) is 0 Å². The molecule has 50 valence electrons. The first-order valence-electron chi connectivity index (χ1n) is 3.17. The maximum absolute atomic E-state index is 9.58. The number of hydrogen-bond donors (Lipinski definition) is 0. The van der Waals surface area contributed by atoms with Gasteiger partial charge in [0.15, 0.2) is 0 Å². The van der Waals surface area contributed by atoms with Crippen LogP contribution >= 0.6 is 0 Å². The molecule has 0 aromatic heterocycles. The summed E-state index contributed by atoms with van der Waals surface area (Å²) in [5, 5.41) is 0. The van der Waals surface area contributed by atoms with Crippen LogP contribution in [-0.2, 0) is 9.39 Å². The molecule has 0 aliphatic carbocycles. The predicted octanol–water partition coefficient (Wildman–Crippen LogP) is 1.74. The van der Waals surface area contributed by atoms with Crippen LogP contribution in [-0.4, -0.2) is 6.61 Å². The van der Waals surface area contributed by atoms with E-state index in [0.29, 0.717) is 6.61 Å². The molecule has 0 saturated carbocycles. The Hall–Kier alpha value is -0.590. The summed E-state index contributed by atoms with van der Waals surface area (Å²) in [7, 11) is 0. The van der Waals surface area contributed by atoms with E-state index in [1.54, 1.807) is 0 Å². The van der Waals surface area contributed by atoms with Crippen molar-refractivity contribution in [2.45, 2.75) is 26.7 Å². The molecule has 0 N–H and O–H groups in total. The van der Waals surface area contributed by atoms with Crippen LogP contribution in [0.4, 0.5) is 0 Å². The van der Waals surface area contributed by atoms with Gasteiger partial charge in [0.05, 0.1) is 0 Å². The summed E-state index contributed by atoms with van der Waals surface area (Å²) in [6.07, 6.45) is 3.36. The third-order valence-electron chi connectivity index (χ3n) is 1.34. The molecule has 0 atom stereocenters. The number of ether oxygens (including phenoxy) is 1. The molecular formula is C7H12O2+2. The third-order valence-corrected chi connectivity index (χ3v) is 1.34. The Labute approximate surface area is 55.9 Å². The summed E-state index contributed by atoms with van der Waals surface area (Å²) in [4.78, 5) is 0. The number of rotatable bonds is 4. The van der Waals surface area contributed by atoms with Crippen LogP contribution in [0.5, 0.6) is 0 Å². The van der Waals surface area contributed by atoms with Gasteiger partial charge in [0, 0.05) is 0 Å².